The van der Waals surface area contributed by atoms with Crippen molar-refractivity contribution in [3.05, 3.63) is 28.1 Å². The fourth-order valence-corrected chi connectivity index (χ4v) is 4.18. The van der Waals surface area contributed by atoms with Crippen molar-refractivity contribution in [3.63, 3.8) is 0 Å². The van der Waals surface area contributed by atoms with E-state index in [4.69, 9.17) is 17.3 Å². The van der Waals surface area contributed by atoms with Crippen molar-refractivity contribution < 1.29 is 4.79 Å². The summed E-state index contributed by atoms with van der Waals surface area (Å²) in [6, 6.07) is 5.91. The zero-order valence-electron chi connectivity index (χ0n) is 11.1. The third kappa shape index (κ3) is 2.50. The predicted octanol–water partition coefficient (Wildman–Crippen LogP) is 4.20. The molecule has 0 bridgehead atoms. The van der Waals surface area contributed by atoms with E-state index in [-0.39, 0.29) is 11.9 Å². The van der Waals surface area contributed by atoms with E-state index in [2.05, 4.69) is 5.32 Å². The number of benzene rings is 1. The molecule has 1 aromatic carbocycles. The lowest BCUT2D eigenvalue weighted by molar-refractivity contribution is 0.0933. The van der Waals surface area contributed by atoms with E-state index in [1.807, 2.05) is 12.1 Å². The molecule has 1 heterocycles. The lowest BCUT2D eigenvalue weighted by Gasteiger charge is -2.22. The number of amides is 1. The third-order valence-corrected chi connectivity index (χ3v) is 5.33. The highest BCUT2D eigenvalue weighted by atomic mass is 35.5. The quantitative estimate of drug-likeness (QED) is 0.873. The van der Waals surface area contributed by atoms with Gasteiger partial charge in [-0.3, -0.25) is 4.79 Å². The Morgan fingerprint density at radius 2 is 2.05 bits per heavy atom. The molecular weight excluding hydrogens is 292 g/mol. The molecule has 1 amide bonds. The van der Waals surface area contributed by atoms with Gasteiger partial charge in [0, 0.05) is 16.1 Å². The number of halogens is 1. The Labute approximate surface area is 127 Å². The Kier molecular flexibility index (Phi) is 3.85. The van der Waals surface area contributed by atoms with E-state index in [0.29, 0.717) is 15.6 Å². The SMILES string of the molecule is Nc1c(C(=O)NC2CCCCC2)sc2cccc(Cl)c12. The highest BCUT2D eigenvalue weighted by Gasteiger charge is 2.21. The third-order valence-electron chi connectivity index (χ3n) is 3.85. The Morgan fingerprint density at radius 3 is 2.75 bits per heavy atom. The number of nitrogen functional groups attached to an aromatic ring is 1. The summed E-state index contributed by atoms with van der Waals surface area (Å²) in [7, 11) is 0. The molecule has 5 heteroatoms. The van der Waals surface area contributed by atoms with Gasteiger partial charge in [0.1, 0.15) is 4.88 Å². The Hall–Kier alpha value is -1.26. The van der Waals surface area contributed by atoms with Gasteiger partial charge < -0.3 is 11.1 Å². The number of anilines is 1. The summed E-state index contributed by atoms with van der Waals surface area (Å²) in [5.74, 6) is -0.0633. The van der Waals surface area contributed by atoms with Gasteiger partial charge in [-0.15, -0.1) is 11.3 Å². The van der Waals surface area contributed by atoms with Gasteiger partial charge in [0.25, 0.3) is 5.91 Å². The molecule has 0 spiro atoms. The van der Waals surface area contributed by atoms with Crippen molar-refractivity contribution in [2.75, 3.05) is 5.73 Å². The lowest BCUT2D eigenvalue weighted by atomic mass is 9.95. The first-order valence-corrected chi connectivity index (χ1v) is 8.13. The van der Waals surface area contributed by atoms with E-state index in [1.165, 1.54) is 30.6 Å². The van der Waals surface area contributed by atoms with Crippen LogP contribution in [0.1, 0.15) is 41.8 Å². The van der Waals surface area contributed by atoms with Crippen LogP contribution >= 0.6 is 22.9 Å². The molecule has 0 aliphatic heterocycles. The second-order valence-electron chi connectivity index (χ2n) is 5.27. The van der Waals surface area contributed by atoms with E-state index in [1.54, 1.807) is 6.07 Å². The van der Waals surface area contributed by atoms with Gasteiger partial charge in [-0.2, -0.15) is 0 Å². The molecule has 0 atom stereocenters. The summed E-state index contributed by atoms with van der Waals surface area (Å²) in [6.07, 6.45) is 5.79. The van der Waals surface area contributed by atoms with Crippen molar-refractivity contribution in [2.45, 2.75) is 38.1 Å². The summed E-state index contributed by atoms with van der Waals surface area (Å²) >= 11 is 7.58. The number of nitrogens with one attached hydrogen (secondary N) is 1. The van der Waals surface area contributed by atoms with Crippen molar-refractivity contribution in [1.29, 1.82) is 0 Å². The number of nitrogens with two attached hydrogens (primary N) is 1. The van der Waals surface area contributed by atoms with Gasteiger partial charge in [0.15, 0.2) is 0 Å². The fraction of sp³-hybridized carbons (Fsp3) is 0.400. The van der Waals surface area contributed by atoms with E-state index < -0.39 is 0 Å². The van der Waals surface area contributed by atoms with Gasteiger partial charge in [-0.1, -0.05) is 36.9 Å². The van der Waals surface area contributed by atoms with Crippen LogP contribution < -0.4 is 11.1 Å². The standard InChI is InChI=1S/C15H17ClN2OS/c16-10-7-4-8-11-12(10)13(17)14(20-11)15(19)18-9-5-2-1-3-6-9/h4,7-9H,1-3,5-6,17H2,(H,18,19). The second kappa shape index (κ2) is 5.62. The van der Waals surface area contributed by atoms with Gasteiger partial charge in [0.2, 0.25) is 0 Å². The van der Waals surface area contributed by atoms with Crippen molar-refractivity contribution in [3.8, 4) is 0 Å². The molecule has 0 saturated heterocycles. The average molecular weight is 309 g/mol. The number of rotatable bonds is 2. The summed E-state index contributed by atoms with van der Waals surface area (Å²) < 4.78 is 0.962. The van der Waals surface area contributed by atoms with Crippen molar-refractivity contribution in [2.24, 2.45) is 0 Å². The number of hydrogen-bond acceptors (Lipinski definition) is 3. The van der Waals surface area contributed by atoms with Crippen LogP contribution in [0.15, 0.2) is 18.2 Å². The zero-order chi connectivity index (χ0) is 14.1. The van der Waals surface area contributed by atoms with Crippen LogP contribution in [0.3, 0.4) is 0 Å². The Balaban J connectivity index is 1.87. The van der Waals surface area contributed by atoms with Crippen LogP contribution in [-0.2, 0) is 0 Å². The van der Waals surface area contributed by atoms with E-state index >= 15 is 0 Å². The first-order chi connectivity index (χ1) is 9.66. The minimum atomic E-state index is -0.0633. The molecule has 1 aliphatic carbocycles. The van der Waals surface area contributed by atoms with Gasteiger partial charge in [-0.25, -0.2) is 0 Å². The summed E-state index contributed by atoms with van der Waals surface area (Å²) in [6.45, 7) is 0. The molecule has 0 radical (unpaired) electrons. The molecule has 1 aromatic heterocycles. The average Bonchev–Trinajstić information content (AvgIpc) is 2.79. The molecule has 20 heavy (non-hydrogen) atoms. The Bertz CT molecular complexity index is 647. The van der Waals surface area contributed by atoms with Gasteiger partial charge in [0.05, 0.1) is 10.7 Å². The predicted molar refractivity (Wildman–Crippen MR) is 85.6 cm³/mol. The molecule has 3 rings (SSSR count). The topological polar surface area (TPSA) is 55.1 Å². The Morgan fingerprint density at radius 1 is 1.30 bits per heavy atom. The molecule has 3 nitrogen and oxygen atoms in total. The molecule has 2 aromatic rings. The molecule has 1 saturated carbocycles. The minimum absolute atomic E-state index is 0.0633. The summed E-state index contributed by atoms with van der Waals surface area (Å²) in [5.41, 5.74) is 6.61. The number of carbonyl (C=O) groups is 1. The molecule has 106 valence electrons. The molecule has 3 N–H and O–H groups in total. The van der Waals surface area contributed by atoms with Gasteiger partial charge >= 0.3 is 0 Å². The minimum Gasteiger partial charge on any atom is -0.397 e. The molecule has 1 fully saturated rings. The first-order valence-electron chi connectivity index (χ1n) is 6.94. The molecule has 1 aliphatic rings. The zero-order valence-corrected chi connectivity index (χ0v) is 12.7. The smallest absolute Gasteiger partial charge is 0.263 e. The summed E-state index contributed by atoms with van der Waals surface area (Å²) in [5, 5.41) is 4.51. The van der Waals surface area contributed by atoms with Crippen LogP contribution in [-0.4, -0.2) is 11.9 Å². The second-order valence-corrected chi connectivity index (χ2v) is 6.73. The number of carbonyl (C=O) groups excluding carboxylic acids is 1. The number of fused-ring (bicyclic) bond motifs is 1. The first kappa shape index (κ1) is 13.7. The monoisotopic (exact) mass is 308 g/mol. The lowest BCUT2D eigenvalue weighted by Crippen LogP contribution is -2.36. The van der Waals surface area contributed by atoms with Crippen LogP contribution in [0.2, 0.25) is 5.02 Å². The van der Waals surface area contributed by atoms with E-state index in [9.17, 15) is 4.79 Å². The van der Waals surface area contributed by atoms with Crippen LogP contribution in [0.4, 0.5) is 5.69 Å². The van der Waals surface area contributed by atoms with Crippen LogP contribution in [0.5, 0.6) is 0 Å². The van der Waals surface area contributed by atoms with E-state index in [0.717, 1.165) is 22.9 Å². The van der Waals surface area contributed by atoms with Gasteiger partial charge in [-0.05, 0) is 25.0 Å². The number of hydrogen-bond donors (Lipinski definition) is 2. The maximum absolute atomic E-state index is 12.4. The normalized spacial score (nSPS) is 16.4. The highest BCUT2D eigenvalue weighted by molar-refractivity contribution is 7.21. The fourth-order valence-electron chi connectivity index (χ4n) is 2.80. The highest BCUT2D eigenvalue weighted by Crippen LogP contribution is 2.38. The maximum Gasteiger partial charge on any atom is 0.263 e. The van der Waals surface area contributed by atoms with Crippen molar-refractivity contribution >= 4 is 44.6 Å². The molecule has 0 unspecified atom stereocenters. The van der Waals surface area contributed by atoms with Crippen LogP contribution in [0, 0.1) is 0 Å². The number of thiophene rings is 1. The maximum atomic E-state index is 12.4. The van der Waals surface area contributed by atoms with Crippen LogP contribution in [0.25, 0.3) is 10.1 Å². The summed E-state index contributed by atoms with van der Waals surface area (Å²) in [4.78, 5) is 13.0. The van der Waals surface area contributed by atoms with Crippen molar-refractivity contribution in [1.82, 2.24) is 5.32 Å². The molecular formula is C15H17ClN2OS. The largest absolute Gasteiger partial charge is 0.397 e.